The van der Waals surface area contributed by atoms with Gasteiger partial charge in [-0.2, -0.15) is 11.8 Å². The zero-order valence-electron chi connectivity index (χ0n) is 14.5. The zero-order chi connectivity index (χ0) is 17.0. The Morgan fingerprint density at radius 3 is 2.88 bits per heavy atom. The monoisotopic (exact) mass is 354 g/mol. The molecule has 0 unspecified atom stereocenters. The van der Waals surface area contributed by atoms with Crippen molar-refractivity contribution in [1.82, 2.24) is 21.3 Å². The highest BCUT2D eigenvalue weighted by molar-refractivity contribution is 8.00. The van der Waals surface area contributed by atoms with Gasteiger partial charge in [0.25, 0.3) is 0 Å². The second kappa shape index (κ2) is 7.95. The summed E-state index contributed by atoms with van der Waals surface area (Å²) in [5, 5.41) is 13.0. The largest absolute Gasteiger partial charge is 0.356 e. The van der Waals surface area contributed by atoms with Gasteiger partial charge in [-0.05, 0) is 44.2 Å². The molecule has 3 heterocycles. The van der Waals surface area contributed by atoms with E-state index in [2.05, 4.69) is 28.2 Å². The first-order valence-corrected chi connectivity index (χ1v) is 10.3. The molecule has 0 aliphatic carbocycles. The number of unbranched alkanes of at least 4 members (excludes halogenated alkanes) is 1. The van der Waals surface area contributed by atoms with Crippen molar-refractivity contribution in [3.05, 3.63) is 0 Å². The number of carbonyl (C=O) groups is 2. The highest BCUT2D eigenvalue weighted by Gasteiger charge is 2.42. The molecular formula is C17H30N4O2S. The summed E-state index contributed by atoms with van der Waals surface area (Å²) in [6.45, 7) is 5.18. The highest BCUT2D eigenvalue weighted by atomic mass is 32.2. The molecule has 3 rings (SSSR count). The number of nitrogens with one attached hydrogen (secondary N) is 4. The van der Waals surface area contributed by atoms with Crippen LogP contribution in [0.15, 0.2) is 0 Å². The van der Waals surface area contributed by atoms with Crippen LogP contribution < -0.4 is 21.3 Å². The van der Waals surface area contributed by atoms with E-state index in [-0.39, 0.29) is 23.4 Å². The SMILES string of the molecule is CC1(CNC(=O)CCCC[C@@H]2SC[C@@H]3NC(=O)N[C@@H]32)CCNCC1. The Hall–Kier alpha value is -0.950. The number of piperidine rings is 1. The lowest BCUT2D eigenvalue weighted by Gasteiger charge is -2.34. The molecule has 3 aliphatic rings. The standard InChI is InChI=1S/C17H30N4O2S/c1-17(6-8-18-9-7-17)11-19-14(22)5-3-2-4-13-15-12(10-24-13)20-16(23)21-15/h12-13,15,18H,2-11H2,1H3,(H,19,22)(H2,20,21,23)/t12-,13-,15-/m0/s1. The molecule has 3 aliphatic heterocycles. The molecule has 7 heteroatoms. The number of rotatable bonds is 7. The molecule has 6 nitrogen and oxygen atoms in total. The lowest BCUT2D eigenvalue weighted by Crippen LogP contribution is -2.42. The van der Waals surface area contributed by atoms with Gasteiger partial charge in [0.1, 0.15) is 0 Å². The van der Waals surface area contributed by atoms with Crippen LogP contribution in [0.1, 0.15) is 45.4 Å². The van der Waals surface area contributed by atoms with Crippen molar-refractivity contribution in [2.24, 2.45) is 5.41 Å². The van der Waals surface area contributed by atoms with Crippen LogP contribution in [0.4, 0.5) is 4.79 Å². The van der Waals surface area contributed by atoms with Crippen molar-refractivity contribution in [2.75, 3.05) is 25.4 Å². The molecule has 3 atom stereocenters. The molecule has 3 saturated heterocycles. The summed E-state index contributed by atoms with van der Waals surface area (Å²) in [6.07, 6.45) is 5.93. The van der Waals surface area contributed by atoms with Crippen LogP contribution in [0.5, 0.6) is 0 Å². The number of hydrogen-bond acceptors (Lipinski definition) is 4. The van der Waals surface area contributed by atoms with Gasteiger partial charge in [0, 0.05) is 24.0 Å². The quantitative estimate of drug-likeness (QED) is 0.409. The molecule has 0 radical (unpaired) electrons. The van der Waals surface area contributed by atoms with Crippen LogP contribution in [0, 0.1) is 5.41 Å². The molecule has 0 saturated carbocycles. The number of hydrogen-bond donors (Lipinski definition) is 4. The molecule has 0 bridgehead atoms. The lowest BCUT2D eigenvalue weighted by molar-refractivity contribution is -0.121. The number of fused-ring (bicyclic) bond motifs is 1. The molecule has 0 spiro atoms. The smallest absolute Gasteiger partial charge is 0.315 e. The first-order valence-electron chi connectivity index (χ1n) is 9.22. The maximum atomic E-state index is 12.1. The summed E-state index contributed by atoms with van der Waals surface area (Å²) in [7, 11) is 0. The van der Waals surface area contributed by atoms with Crippen molar-refractivity contribution in [2.45, 2.75) is 62.8 Å². The van der Waals surface area contributed by atoms with Gasteiger partial charge < -0.3 is 21.3 Å². The van der Waals surface area contributed by atoms with Crippen molar-refractivity contribution in [3.63, 3.8) is 0 Å². The normalized spacial score (nSPS) is 31.2. The minimum atomic E-state index is -0.0268. The van der Waals surface area contributed by atoms with Gasteiger partial charge in [0.05, 0.1) is 12.1 Å². The molecule has 3 fully saturated rings. The van der Waals surface area contributed by atoms with Gasteiger partial charge in [0.2, 0.25) is 5.91 Å². The van der Waals surface area contributed by atoms with E-state index in [1.165, 1.54) is 0 Å². The summed E-state index contributed by atoms with van der Waals surface area (Å²) >= 11 is 1.94. The third kappa shape index (κ3) is 4.57. The van der Waals surface area contributed by atoms with E-state index >= 15 is 0 Å². The van der Waals surface area contributed by atoms with Gasteiger partial charge in [0.15, 0.2) is 0 Å². The number of carbonyl (C=O) groups excluding carboxylic acids is 2. The summed E-state index contributed by atoms with van der Waals surface area (Å²) < 4.78 is 0. The molecule has 136 valence electrons. The van der Waals surface area contributed by atoms with E-state index < -0.39 is 0 Å². The van der Waals surface area contributed by atoms with E-state index in [1.807, 2.05) is 11.8 Å². The maximum absolute atomic E-state index is 12.1. The minimum absolute atomic E-state index is 0.0268. The molecular weight excluding hydrogens is 324 g/mol. The van der Waals surface area contributed by atoms with Crippen LogP contribution in [-0.4, -0.2) is 54.7 Å². The summed E-state index contributed by atoms with van der Waals surface area (Å²) in [6, 6.07) is 0.541. The van der Waals surface area contributed by atoms with Gasteiger partial charge in [-0.1, -0.05) is 13.3 Å². The van der Waals surface area contributed by atoms with Crippen LogP contribution in [0.3, 0.4) is 0 Å². The fourth-order valence-corrected chi connectivity index (χ4v) is 5.43. The highest BCUT2D eigenvalue weighted by Crippen LogP contribution is 2.33. The van der Waals surface area contributed by atoms with Crippen LogP contribution >= 0.6 is 11.8 Å². The third-order valence-electron chi connectivity index (χ3n) is 5.60. The lowest BCUT2D eigenvalue weighted by atomic mass is 9.81. The predicted molar refractivity (Wildman–Crippen MR) is 97.2 cm³/mol. The van der Waals surface area contributed by atoms with E-state index in [4.69, 9.17) is 0 Å². The Morgan fingerprint density at radius 2 is 2.08 bits per heavy atom. The van der Waals surface area contributed by atoms with Gasteiger partial charge in [-0.15, -0.1) is 0 Å². The first kappa shape index (κ1) is 17.9. The van der Waals surface area contributed by atoms with Gasteiger partial charge >= 0.3 is 6.03 Å². The average Bonchev–Trinajstić information content (AvgIpc) is 3.10. The number of urea groups is 1. The second-order valence-corrected chi connectivity index (χ2v) is 8.98. The van der Waals surface area contributed by atoms with E-state index in [9.17, 15) is 9.59 Å². The first-order chi connectivity index (χ1) is 11.6. The van der Waals surface area contributed by atoms with Crippen LogP contribution in [0.25, 0.3) is 0 Å². The molecule has 0 aromatic heterocycles. The Bertz CT molecular complexity index is 468. The topological polar surface area (TPSA) is 82.3 Å². The Balaban J connectivity index is 1.28. The zero-order valence-corrected chi connectivity index (χ0v) is 15.3. The third-order valence-corrected chi connectivity index (χ3v) is 7.11. The van der Waals surface area contributed by atoms with E-state index in [0.717, 1.165) is 57.5 Å². The summed E-state index contributed by atoms with van der Waals surface area (Å²) in [4.78, 5) is 23.4. The van der Waals surface area contributed by atoms with Crippen molar-refractivity contribution in [1.29, 1.82) is 0 Å². The molecule has 4 N–H and O–H groups in total. The van der Waals surface area contributed by atoms with E-state index in [0.29, 0.717) is 17.7 Å². The Labute approximate surface area is 148 Å². The minimum Gasteiger partial charge on any atom is -0.356 e. The van der Waals surface area contributed by atoms with Crippen LogP contribution in [-0.2, 0) is 4.79 Å². The maximum Gasteiger partial charge on any atom is 0.315 e. The summed E-state index contributed by atoms with van der Waals surface area (Å²) in [5.74, 6) is 1.18. The second-order valence-electron chi connectivity index (χ2n) is 7.71. The fraction of sp³-hybridized carbons (Fsp3) is 0.882. The predicted octanol–water partition coefficient (Wildman–Crippen LogP) is 1.22. The van der Waals surface area contributed by atoms with E-state index in [1.54, 1.807) is 0 Å². The van der Waals surface area contributed by atoms with Crippen LogP contribution in [0.2, 0.25) is 0 Å². The molecule has 24 heavy (non-hydrogen) atoms. The number of amides is 3. The Morgan fingerprint density at radius 1 is 1.29 bits per heavy atom. The van der Waals surface area contributed by atoms with Crippen molar-refractivity contribution < 1.29 is 9.59 Å². The van der Waals surface area contributed by atoms with Gasteiger partial charge in [-0.25, -0.2) is 4.79 Å². The number of thioether (sulfide) groups is 1. The van der Waals surface area contributed by atoms with Gasteiger partial charge in [-0.3, -0.25) is 4.79 Å². The van der Waals surface area contributed by atoms with Crippen molar-refractivity contribution >= 4 is 23.7 Å². The fourth-order valence-electron chi connectivity index (χ4n) is 3.88. The summed E-state index contributed by atoms with van der Waals surface area (Å²) in [5.41, 5.74) is 0.254. The van der Waals surface area contributed by atoms with Crippen molar-refractivity contribution in [3.8, 4) is 0 Å². The Kier molecular flexibility index (Phi) is 5.92. The molecule has 0 aromatic rings. The molecule has 0 aromatic carbocycles. The molecule has 3 amide bonds. The average molecular weight is 355 g/mol.